The second-order valence-corrected chi connectivity index (χ2v) is 6.80. The molecule has 1 aromatic rings. The molecule has 1 aliphatic carbocycles. The molecule has 0 bridgehead atoms. The number of ether oxygens (including phenoxy) is 2. The van der Waals surface area contributed by atoms with Crippen molar-refractivity contribution >= 4 is 5.97 Å². The summed E-state index contributed by atoms with van der Waals surface area (Å²) in [5.74, 6) is 1.20. The zero-order valence-corrected chi connectivity index (χ0v) is 15.3. The van der Waals surface area contributed by atoms with Crippen LogP contribution in [0.4, 0.5) is 0 Å². The van der Waals surface area contributed by atoms with Gasteiger partial charge in [0.15, 0.2) is 0 Å². The minimum absolute atomic E-state index is 0.0225. The zero-order valence-electron chi connectivity index (χ0n) is 15.3. The van der Waals surface area contributed by atoms with Gasteiger partial charge in [-0.3, -0.25) is 4.79 Å². The van der Waals surface area contributed by atoms with Crippen molar-refractivity contribution in [3.05, 3.63) is 29.8 Å². The van der Waals surface area contributed by atoms with E-state index in [1.807, 2.05) is 6.07 Å². The van der Waals surface area contributed by atoms with Crippen molar-refractivity contribution < 1.29 is 14.3 Å². The lowest BCUT2D eigenvalue weighted by Crippen LogP contribution is -2.28. The van der Waals surface area contributed by atoms with Gasteiger partial charge in [0, 0.05) is 12.3 Å². The third-order valence-electron chi connectivity index (χ3n) is 4.73. The summed E-state index contributed by atoms with van der Waals surface area (Å²) >= 11 is 0. The molecule has 3 nitrogen and oxygen atoms in total. The Morgan fingerprint density at radius 2 is 1.96 bits per heavy atom. The predicted octanol–water partition coefficient (Wildman–Crippen LogP) is 5.63. The maximum atomic E-state index is 12.1. The molecule has 24 heavy (non-hydrogen) atoms. The van der Waals surface area contributed by atoms with E-state index in [1.165, 1.54) is 12.0 Å². The molecule has 0 heterocycles. The van der Waals surface area contributed by atoms with Crippen molar-refractivity contribution in [2.45, 2.75) is 83.7 Å². The van der Waals surface area contributed by atoms with Crippen LogP contribution in [0.25, 0.3) is 0 Å². The summed E-state index contributed by atoms with van der Waals surface area (Å²) in [6.07, 6.45) is 9.16. The molecule has 0 unspecified atom stereocenters. The fraction of sp³-hybridized carbons (Fsp3) is 0.667. The van der Waals surface area contributed by atoms with Gasteiger partial charge >= 0.3 is 5.97 Å². The Hall–Kier alpha value is -1.51. The Bertz CT molecular complexity index is 498. The number of unbranched alkanes of at least 4 members (excludes halogenated alkanes) is 2. The summed E-state index contributed by atoms with van der Waals surface area (Å²) in [6.45, 7) is 5.00. The minimum atomic E-state index is -0.0289. The molecule has 0 spiro atoms. The van der Waals surface area contributed by atoms with E-state index in [-0.39, 0.29) is 12.1 Å². The molecular weight excluding hydrogens is 300 g/mol. The van der Waals surface area contributed by atoms with Crippen LogP contribution < -0.4 is 4.74 Å². The first-order valence-corrected chi connectivity index (χ1v) is 9.66. The van der Waals surface area contributed by atoms with Gasteiger partial charge in [-0.05, 0) is 49.8 Å². The third-order valence-corrected chi connectivity index (χ3v) is 4.73. The van der Waals surface area contributed by atoms with Crippen LogP contribution in [-0.2, 0) is 9.53 Å². The molecule has 1 aliphatic rings. The van der Waals surface area contributed by atoms with E-state index < -0.39 is 0 Å². The molecule has 1 saturated carbocycles. The normalized spacial score (nSPS) is 20.6. The van der Waals surface area contributed by atoms with Gasteiger partial charge in [-0.1, -0.05) is 45.2 Å². The first-order chi connectivity index (χ1) is 11.7. The highest BCUT2D eigenvalue weighted by atomic mass is 16.5. The average Bonchev–Trinajstić information content (AvgIpc) is 2.61. The number of rotatable bonds is 9. The highest BCUT2D eigenvalue weighted by Gasteiger charge is 2.29. The number of hydrogen-bond donors (Lipinski definition) is 0. The summed E-state index contributed by atoms with van der Waals surface area (Å²) in [4.78, 5) is 12.1. The Labute approximate surface area is 146 Å². The molecule has 0 aromatic heterocycles. The first kappa shape index (κ1) is 18.8. The van der Waals surface area contributed by atoms with Gasteiger partial charge in [0.25, 0.3) is 0 Å². The second-order valence-electron chi connectivity index (χ2n) is 6.80. The van der Waals surface area contributed by atoms with Crippen molar-refractivity contribution in [1.29, 1.82) is 0 Å². The van der Waals surface area contributed by atoms with Crippen LogP contribution in [-0.4, -0.2) is 18.7 Å². The maximum Gasteiger partial charge on any atom is 0.306 e. The summed E-state index contributed by atoms with van der Waals surface area (Å²) in [7, 11) is 0. The largest absolute Gasteiger partial charge is 0.494 e. The van der Waals surface area contributed by atoms with E-state index in [4.69, 9.17) is 9.47 Å². The number of benzene rings is 1. The van der Waals surface area contributed by atoms with E-state index >= 15 is 0 Å². The van der Waals surface area contributed by atoms with Crippen LogP contribution in [0.2, 0.25) is 0 Å². The smallest absolute Gasteiger partial charge is 0.306 e. The van der Waals surface area contributed by atoms with Crippen molar-refractivity contribution in [1.82, 2.24) is 0 Å². The van der Waals surface area contributed by atoms with Gasteiger partial charge in [0.2, 0.25) is 0 Å². The molecule has 3 heteroatoms. The average molecular weight is 332 g/mol. The first-order valence-electron chi connectivity index (χ1n) is 9.66. The van der Waals surface area contributed by atoms with E-state index in [9.17, 15) is 4.79 Å². The fourth-order valence-corrected chi connectivity index (χ4v) is 3.42. The molecule has 1 aromatic carbocycles. The molecule has 2 rings (SSSR count). The number of hydrogen-bond acceptors (Lipinski definition) is 3. The van der Waals surface area contributed by atoms with E-state index in [1.54, 1.807) is 0 Å². The van der Waals surface area contributed by atoms with Gasteiger partial charge in [-0.25, -0.2) is 0 Å². The van der Waals surface area contributed by atoms with E-state index in [0.717, 1.165) is 57.3 Å². The zero-order chi connectivity index (χ0) is 17.2. The molecule has 0 aliphatic heterocycles. The lowest BCUT2D eigenvalue weighted by molar-refractivity contribution is -0.151. The predicted molar refractivity (Wildman–Crippen MR) is 97.5 cm³/mol. The van der Waals surface area contributed by atoms with Crippen LogP contribution in [0.15, 0.2) is 24.3 Å². The Morgan fingerprint density at radius 1 is 1.12 bits per heavy atom. The topological polar surface area (TPSA) is 35.5 Å². The van der Waals surface area contributed by atoms with E-state index in [2.05, 4.69) is 32.0 Å². The fourth-order valence-electron chi connectivity index (χ4n) is 3.42. The van der Waals surface area contributed by atoms with Crippen molar-refractivity contribution in [3.8, 4) is 5.75 Å². The number of esters is 1. The molecule has 1 fully saturated rings. The summed E-state index contributed by atoms with van der Waals surface area (Å²) in [6, 6.07) is 8.33. The highest BCUT2D eigenvalue weighted by Crippen LogP contribution is 2.36. The summed E-state index contributed by atoms with van der Waals surface area (Å²) in [5.41, 5.74) is 1.25. The summed E-state index contributed by atoms with van der Waals surface area (Å²) in [5, 5.41) is 0. The van der Waals surface area contributed by atoms with Crippen molar-refractivity contribution in [3.63, 3.8) is 0 Å². The Balaban J connectivity index is 1.99. The molecule has 0 N–H and O–H groups in total. The molecule has 0 radical (unpaired) electrons. The van der Waals surface area contributed by atoms with Gasteiger partial charge in [0.1, 0.15) is 11.9 Å². The van der Waals surface area contributed by atoms with Gasteiger partial charge < -0.3 is 9.47 Å². The third kappa shape index (κ3) is 5.85. The van der Waals surface area contributed by atoms with Gasteiger partial charge in [0.05, 0.1) is 6.61 Å². The van der Waals surface area contributed by atoms with Crippen LogP contribution in [0.5, 0.6) is 5.75 Å². The van der Waals surface area contributed by atoms with Crippen LogP contribution in [0.1, 0.15) is 83.1 Å². The van der Waals surface area contributed by atoms with Crippen LogP contribution in [0, 0.1) is 0 Å². The Morgan fingerprint density at radius 3 is 2.75 bits per heavy atom. The number of carbonyl (C=O) groups is 1. The monoisotopic (exact) mass is 332 g/mol. The minimum Gasteiger partial charge on any atom is -0.494 e. The standard InChI is InChI=1S/C21H32O3/c1-3-5-6-14-21(22)24-20-13-8-7-12-19(20)17-10-9-11-18(16-17)23-15-4-2/h9-11,16,19-20H,3-8,12-15H2,1-2H3/t19-,20+/m1/s1. The van der Waals surface area contributed by atoms with Crippen molar-refractivity contribution in [2.24, 2.45) is 0 Å². The lowest BCUT2D eigenvalue weighted by Gasteiger charge is -2.31. The molecule has 0 amide bonds. The highest BCUT2D eigenvalue weighted by molar-refractivity contribution is 5.69. The van der Waals surface area contributed by atoms with E-state index in [0.29, 0.717) is 12.3 Å². The van der Waals surface area contributed by atoms with Crippen LogP contribution in [0.3, 0.4) is 0 Å². The maximum absolute atomic E-state index is 12.1. The Kier molecular flexibility index (Phi) is 8.14. The quantitative estimate of drug-likeness (QED) is 0.434. The van der Waals surface area contributed by atoms with Gasteiger partial charge in [-0.15, -0.1) is 0 Å². The summed E-state index contributed by atoms with van der Waals surface area (Å²) < 4.78 is 11.6. The second kappa shape index (κ2) is 10.4. The van der Waals surface area contributed by atoms with Gasteiger partial charge in [-0.2, -0.15) is 0 Å². The SMILES string of the molecule is CCCCCC(=O)O[C@H]1CCCC[C@@H]1c1cccc(OCCC)c1. The molecule has 134 valence electrons. The number of carbonyl (C=O) groups excluding carboxylic acids is 1. The van der Waals surface area contributed by atoms with Crippen LogP contribution >= 0.6 is 0 Å². The molecular formula is C21H32O3. The lowest BCUT2D eigenvalue weighted by atomic mass is 9.81. The molecule has 2 atom stereocenters. The molecule has 0 saturated heterocycles. The van der Waals surface area contributed by atoms with Crippen molar-refractivity contribution in [2.75, 3.05) is 6.61 Å².